The number of nitrogens with zero attached hydrogens (tertiary/aromatic N) is 4. The third-order valence-corrected chi connectivity index (χ3v) is 7.35. The molecule has 2 saturated heterocycles. The van der Waals surface area contributed by atoms with Crippen molar-refractivity contribution in [1.82, 2.24) is 19.5 Å². The highest BCUT2D eigenvalue weighted by Crippen LogP contribution is 2.44. The van der Waals surface area contributed by atoms with Crippen LogP contribution in [0.2, 0.25) is 0 Å². The zero-order valence-corrected chi connectivity index (χ0v) is 20.6. The molecular weight excluding hydrogens is 461 g/mol. The van der Waals surface area contributed by atoms with E-state index in [1.54, 1.807) is 36.9 Å². The van der Waals surface area contributed by atoms with Gasteiger partial charge in [0.25, 0.3) is 0 Å². The molecule has 1 aromatic carbocycles. The quantitative estimate of drug-likeness (QED) is 0.512. The van der Waals surface area contributed by atoms with Crippen molar-refractivity contribution in [2.75, 3.05) is 11.9 Å². The van der Waals surface area contributed by atoms with E-state index in [-0.39, 0.29) is 18.0 Å². The van der Waals surface area contributed by atoms with Crippen LogP contribution in [0.5, 0.6) is 0 Å². The zero-order chi connectivity index (χ0) is 24.7. The number of hydrogen-bond donors (Lipinski definition) is 1. The van der Waals surface area contributed by atoms with Crippen molar-refractivity contribution in [3.63, 3.8) is 0 Å². The van der Waals surface area contributed by atoms with Crippen molar-refractivity contribution in [2.24, 2.45) is 5.92 Å². The molecule has 9 heteroatoms. The van der Waals surface area contributed by atoms with Crippen LogP contribution in [0.1, 0.15) is 57.7 Å². The van der Waals surface area contributed by atoms with Gasteiger partial charge in [0.05, 0.1) is 6.33 Å². The Hall–Kier alpha value is -2.88. The van der Waals surface area contributed by atoms with E-state index >= 15 is 0 Å². The Morgan fingerprint density at radius 2 is 1.89 bits per heavy atom. The molecular formula is C27H32FN5O3. The number of imidazole rings is 1. The van der Waals surface area contributed by atoms with Gasteiger partial charge < -0.3 is 19.5 Å². The monoisotopic (exact) mass is 493 g/mol. The summed E-state index contributed by atoms with van der Waals surface area (Å²) in [6, 6.07) is 6.65. The number of fused-ring (bicyclic) bond motifs is 2. The van der Waals surface area contributed by atoms with Crippen molar-refractivity contribution in [3.8, 4) is 0 Å². The molecule has 3 fully saturated rings. The van der Waals surface area contributed by atoms with Crippen molar-refractivity contribution in [1.29, 1.82) is 0 Å². The van der Waals surface area contributed by atoms with Crippen LogP contribution in [0.4, 0.5) is 10.2 Å². The predicted octanol–water partition coefficient (Wildman–Crippen LogP) is 5.09. The van der Waals surface area contributed by atoms with Gasteiger partial charge in [0.15, 0.2) is 29.0 Å². The van der Waals surface area contributed by atoms with Gasteiger partial charge in [0, 0.05) is 12.1 Å². The van der Waals surface area contributed by atoms with Crippen LogP contribution in [0, 0.1) is 11.7 Å². The molecule has 190 valence electrons. The fourth-order valence-corrected chi connectivity index (χ4v) is 5.59. The third-order valence-electron chi connectivity index (χ3n) is 7.35. The van der Waals surface area contributed by atoms with E-state index in [1.165, 1.54) is 38.2 Å². The Labute approximate surface area is 209 Å². The minimum absolute atomic E-state index is 0.283. The Balaban J connectivity index is 1.26. The van der Waals surface area contributed by atoms with E-state index in [2.05, 4.69) is 20.3 Å². The Morgan fingerprint density at radius 1 is 1.08 bits per heavy atom. The largest absolute Gasteiger partial charge is 0.368 e. The predicted molar refractivity (Wildman–Crippen MR) is 134 cm³/mol. The van der Waals surface area contributed by atoms with Gasteiger partial charge >= 0.3 is 0 Å². The molecule has 0 bridgehead atoms. The molecule has 2 aliphatic heterocycles. The number of ether oxygens (including phenoxy) is 3. The normalized spacial score (nSPS) is 28.2. The summed E-state index contributed by atoms with van der Waals surface area (Å²) in [5.74, 6) is 0.352. The molecule has 1 aliphatic carbocycles. The molecule has 3 aromatic rings. The van der Waals surface area contributed by atoms with Crippen LogP contribution in [0.25, 0.3) is 17.2 Å². The summed E-state index contributed by atoms with van der Waals surface area (Å²) in [5.41, 5.74) is 1.87. The molecule has 6 rings (SSSR count). The lowest BCUT2D eigenvalue weighted by Crippen LogP contribution is -2.28. The van der Waals surface area contributed by atoms with E-state index in [9.17, 15) is 4.39 Å². The Kier molecular flexibility index (Phi) is 6.23. The summed E-state index contributed by atoms with van der Waals surface area (Å²) in [5, 5.41) is 3.50. The second-order valence-electron chi connectivity index (χ2n) is 10.4. The van der Waals surface area contributed by atoms with Crippen LogP contribution < -0.4 is 5.32 Å². The lowest BCUT2D eigenvalue weighted by atomic mass is 9.89. The fraction of sp³-hybridized carbons (Fsp3) is 0.519. The molecule has 1 saturated carbocycles. The smallest absolute Gasteiger partial charge is 0.167 e. The first kappa shape index (κ1) is 23.5. The first-order valence-electron chi connectivity index (χ1n) is 12.8. The molecule has 0 unspecified atom stereocenters. The molecule has 0 radical (unpaired) electrons. The molecule has 2 aromatic heterocycles. The average molecular weight is 494 g/mol. The van der Waals surface area contributed by atoms with Gasteiger partial charge in [-0.25, -0.2) is 19.3 Å². The molecule has 0 spiro atoms. The van der Waals surface area contributed by atoms with Crippen molar-refractivity contribution >= 4 is 23.1 Å². The van der Waals surface area contributed by atoms with Gasteiger partial charge in [0.1, 0.15) is 30.5 Å². The van der Waals surface area contributed by atoms with Crippen LogP contribution in [0.3, 0.4) is 0 Å². The Bertz CT molecular complexity index is 1260. The topological polar surface area (TPSA) is 83.3 Å². The summed E-state index contributed by atoms with van der Waals surface area (Å²) in [6.45, 7) is 4.67. The molecule has 3 aliphatic rings. The maximum atomic E-state index is 14.2. The minimum Gasteiger partial charge on any atom is -0.368 e. The molecule has 36 heavy (non-hydrogen) atoms. The number of rotatable bonds is 6. The highest BCUT2D eigenvalue weighted by atomic mass is 19.1. The van der Waals surface area contributed by atoms with Gasteiger partial charge in [-0.05, 0) is 38.7 Å². The van der Waals surface area contributed by atoms with Gasteiger partial charge in [-0.1, -0.05) is 49.6 Å². The first-order chi connectivity index (χ1) is 17.5. The van der Waals surface area contributed by atoms with E-state index in [1.807, 2.05) is 24.5 Å². The number of aromatic nitrogens is 4. The van der Waals surface area contributed by atoms with Gasteiger partial charge in [-0.3, -0.25) is 4.57 Å². The van der Waals surface area contributed by atoms with Crippen LogP contribution in [-0.4, -0.2) is 50.2 Å². The second kappa shape index (κ2) is 9.53. The highest BCUT2D eigenvalue weighted by molar-refractivity contribution is 5.82. The van der Waals surface area contributed by atoms with E-state index in [4.69, 9.17) is 14.2 Å². The molecule has 0 amide bonds. The third kappa shape index (κ3) is 4.51. The number of anilines is 1. The average Bonchev–Trinajstić information content (AvgIpc) is 3.54. The summed E-state index contributed by atoms with van der Waals surface area (Å²) in [7, 11) is 0. The Morgan fingerprint density at radius 3 is 2.72 bits per heavy atom. The fourth-order valence-electron chi connectivity index (χ4n) is 5.59. The number of nitrogens with one attached hydrogen (secondary N) is 1. The van der Waals surface area contributed by atoms with E-state index in [0.29, 0.717) is 22.6 Å². The first-order valence-corrected chi connectivity index (χ1v) is 12.8. The molecule has 4 atom stereocenters. The molecule has 8 nitrogen and oxygen atoms in total. The van der Waals surface area contributed by atoms with Gasteiger partial charge in [-0.2, -0.15) is 0 Å². The van der Waals surface area contributed by atoms with Crippen molar-refractivity contribution in [2.45, 2.75) is 76.3 Å². The minimum atomic E-state index is -0.764. The summed E-state index contributed by atoms with van der Waals surface area (Å²) < 4.78 is 34.9. The molecule has 1 N–H and O–H groups in total. The van der Waals surface area contributed by atoms with Crippen molar-refractivity contribution < 1.29 is 18.6 Å². The molecule has 4 heterocycles. The lowest BCUT2D eigenvalue weighted by Gasteiger charge is -2.24. The maximum absolute atomic E-state index is 14.2. The summed E-state index contributed by atoms with van der Waals surface area (Å²) in [4.78, 5) is 13.6. The maximum Gasteiger partial charge on any atom is 0.167 e. The number of hydrogen-bond acceptors (Lipinski definition) is 7. The summed E-state index contributed by atoms with van der Waals surface area (Å²) in [6.07, 6.45) is 11.6. The van der Waals surface area contributed by atoms with Crippen LogP contribution in [-0.2, 0) is 14.2 Å². The number of benzene rings is 1. The standard InChI is InChI=1S/C27H32FN5O3/c1-27(2)35-22-20(13-12-18-10-6-7-11-19(18)28)34-26(23(22)36-27)33-16-32-21-24(30-15-31-25(21)33)29-14-17-8-4-3-5-9-17/h6-7,10-13,15-17,20,22-23,26H,3-5,8-9,14H2,1-2H3,(H,29,30,31)/t20-,22-,23-,26-/m1/s1. The van der Waals surface area contributed by atoms with E-state index in [0.717, 1.165) is 12.4 Å². The second-order valence-corrected chi connectivity index (χ2v) is 10.4. The van der Waals surface area contributed by atoms with Gasteiger partial charge in [0.2, 0.25) is 0 Å². The SMILES string of the molecule is CC1(C)O[C@@H]2[C@H](O1)[C@@H](C=Cc1ccccc1F)O[C@H]2n1cnc2c(NCC3CCCCC3)ncnc21. The van der Waals surface area contributed by atoms with E-state index < -0.39 is 18.1 Å². The zero-order valence-electron chi connectivity index (χ0n) is 20.6. The summed E-state index contributed by atoms with van der Waals surface area (Å²) >= 11 is 0. The van der Waals surface area contributed by atoms with Crippen LogP contribution in [0.15, 0.2) is 43.0 Å². The van der Waals surface area contributed by atoms with Crippen LogP contribution >= 0.6 is 0 Å². The lowest BCUT2D eigenvalue weighted by molar-refractivity contribution is -0.191. The highest BCUT2D eigenvalue weighted by Gasteiger charge is 2.55. The van der Waals surface area contributed by atoms with Crippen molar-refractivity contribution in [3.05, 3.63) is 54.4 Å². The van der Waals surface area contributed by atoms with Gasteiger partial charge in [-0.15, -0.1) is 0 Å². The number of halogens is 1.